The number of benzene rings is 2. The summed E-state index contributed by atoms with van der Waals surface area (Å²) in [7, 11) is 1.73. The Morgan fingerprint density at radius 3 is 2.81 bits per heavy atom. The van der Waals surface area contributed by atoms with Crippen LogP contribution in [0.5, 0.6) is 0 Å². The van der Waals surface area contributed by atoms with Crippen molar-refractivity contribution in [3.05, 3.63) is 70.5 Å². The number of nitrogens with one attached hydrogen (secondary N) is 1. The molecule has 0 atom stereocenters. The fourth-order valence-corrected chi connectivity index (χ4v) is 2.63. The van der Waals surface area contributed by atoms with E-state index in [0.717, 1.165) is 18.7 Å². The molecule has 0 saturated heterocycles. The summed E-state index contributed by atoms with van der Waals surface area (Å²) >= 11 is 0. The van der Waals surface area contributed by atoms with E-state index in [1.165, 1.54) is 23.3 Å². The predicted octanol–water partition coefficient (Wildman–Crippen LogP) is 2.70. The van der Waals surface area contributed by atoms with Crippen LogP contribution >= 0.6 is 0 Å². The van der Waals surface area contributed by atoms with E-state index in [9.17, 15) is 9.18 Å². The van der Waals surface area contributed by atoms with Crippen molar-refractivity contribution in [3.8, 4) is 0 Å². The van der Waals surface area contributed by atoms with E-state index in [1.54, 1.807) is 18.0 Å². The van der Waals surface area contributed by atoms with Gasteiger partial charge in [-0.25, -0.2) is 4.39 Å². The van der Waals surface area contributed by atoms with Crippen LogP contribution < -0.4 is 5.32 Å². The van der Waals surface area contributed by atoms with Gasteiger partial charge in [0.1, 0.15) is 5.82 Å². The van der Waals surface area contributed by atoms with E-state index >= 15 is 0 Å². The lowest BCUT2D eigenvalue weighted by Gasteiger charge is -2.18. The van der Waals surface area contributed by atoms with Gasteiger partial charge in [-0.15, -0.1) is 0 Å². The molecule has 0 saturated carbocycles. The molecule has 0 unspecified atom stereocenters. The molecule has 0 bridgehead atoms. The standard InChI is InChI=1S/C17H17FN2O/c1-20(11-12-3-2-4-16(18)7-12)17(21)13-5-6-14-9-19-10-15(14)8-13/h2-8,19H,9-11H2,1H3. The normalized spacial score (nSPS) is 13.0. The molecule has 3 rings (SSSR count). The first-order valence-corrected chi connectivity index (χ1v) is 6.96. The second-order valence-corrected chi connectivity index (χ2v) is 5.38. The van der Waals surface area contributed by atoms with Crippen molar-refractivity contribution in [2.24, 2.45) is 0 Å². The minimum atomic E-state index is -0.281. The number of hydrogen-bond donors (Lipinski definition) is 1. The van der Waals surface area contributed by atoms with Gasteiger partial charge in [0.15, 0.2) is 0 Å². The minimum absolute atomic E-state index is 0.0473. The third-order valence-electron chi connectivity index (χ3n) is 3.74. The summed E-state index contributed by atoms with van der Waals surface area (Å²) in [6.45, 7) is 2.07. The Labute approximate surface area is 123 Å². The molecule has 108 valence electrons. The van der Waals surface area contributed by atoms with Crippen LogP contribution in [0.15, 0.2) is 42.5 Å². The van der Waals surface area contributed by atoms with Crippen LogP contribution in [-0.4, -0.2) is 17.9 Å². The number of carbonyl (C=O) groups excluding carboxylic acids is 1. The highest BCUT2D eigenvalue weighted by atomic mass is 19.1. The molecule has 1 amide bonds. The van der Waals surface area contributed by atoms with Gasteiger partial charge >= 0.3 is 0 Å². The molecule has 3 nitrogen and oxygen atoms in total. The number of amides is 1. The molecule has 0 radical (unpaired) electrons. The maximum Gasteiger partial charge on any atom is 0.253 e. The number of nitrogens with zero attached hydrogens (tertiary/aromatic N) is 1. The first-order chi connectivity index (χ1) is 10.1. The predicted molar refractivity (Wildman–Crippen MR) is 79.2 cm³/mol. The first-order valence-electron chi connectivity index (χ1n) is 6.96. The highest BCUT2D eigenvalue weighted by Crippen LogP contribution is 2.18. The van der Waals surface area contributed by atoms with Crippen molar-refractivity contribution in [1.82, 2.24) is 10.2 Å². The summed E-state index contributed by atoms with van der Waals surface area (Å²) in [6, 6.07) is 12.1. The van der Waals surface area contributed by atoms with Crippen LogP contribution in [0.1, 0.15) is 27.0 Å². The summed E-state index contributed by atoms with van der Waals surface area (Å²) in [4.78, 5) is 14.1. The van der Waals surface area contributed by atoms with E-state index < -0.39 is 0 Å². The lowest BCUT2D eigenvalue weighted by atomic mass is 10.1. The SMILES string of the molecule is CN(Cc1cccc(F)c1)C(=O)c1ccc2c(c1)CNC2. The van der Waals surface area contributed by atoms with Crippen LogP contribution in [0, 0.1) is 5.82 Å². The lowest BCUT2D eigenvalue weighted by molar-refractivity contribution is 0.0785. The fourth-order valence-electron chi connectivity index (χ4n) is 2.63. The zero-order chi connectivity index (χ0) is 14.8. The Morgan fingerprint density at radius 1 is 1.19 bits per heavy atom. The molecule has 4 heteroatoms. The average Bonchev–Trinajstić information content (AvgIpc) is 2.93. The van der Waals surface area contributed by atoms with E-state index in [0.29, 0.717) is 12.1 Å². The summed E-state index contributed by atoms with van der Waals surface area (Å²) in [5.74, 6) is -0.328. The third-order valence-corrected chi connectivity index (χ3v) is 3.74. The van der Waals surface area contributed by atoms with Crippen molar-refractivity contribution >= 4 is 5.91 Å². The van der Waals surface area contributed by atoms with Gasteiger partial charge in [-0.05, 0) is 41.0 Å². The molecule has 1 aliphatic heterocycles. The Kier molecular flexibility index (Phi) is 3.71. The van der Waals surface area contributed by atoms with Gasteiger partial charge in [0.05, 0.1) is 0 Å². The van der Waals surface area contributed by atoms with Crippen LogP contribution in [0.25, 0.3) is 0 Å². The van der Waals surface area contributed by atoms with Crippen LogP contribution in [-0.2, 0) is 19.6 Å². The van der Waals surface area contributed by atoms with Gasteiger partial charge in [-0.1, -0.05) is 18.2 Å². The molecule has 0 aromatic heterocycles. The molecule has 0 aliphatic carbocycles. The highest BCUT2D eigenvalue weighted by molar-refractivity contribution is 5.94. The third kappa shape index (κ3) is 2.95. The Morgan fingerprint density at radius 2 is 2.00 bits per heavy atom. The molecule has 1 N–H and O–H groups in total. The van der Waals surface area contributed by atoms with E-state index in [-0.39, 0.29) is 11.7 Å². The molecule has 1 heterocycles. The highest BCUT2D eigenvalue weighted by Gasteiger charge is 2.16. The van der Waals surface area contributed by atoms with Crippen molar-refractivity contribution in [1.29, 1.82) is 0 Å². The summed E-state index contributed by atoms with van der Waals surface area (Å²) < 4.78 is 13.2. The van der Waals surface area contributed by atoms with E-state index in [2.05, 4.69) is 5.32 Å². The van der Waals surface area contributed by atoms with Gasteiger partial charge < -0.3 is 10.2 Å². The van der Waals surface area contributed by atoms with Crippen molar-refractivity contribution in [2.45, 2.75) is 19.6 Å². The second-order valence-electron chi connectivity index (χ2n) is 5.38. The first kappa shape index (κ1) is 13.8. The summed E-state index contributed by atoms with van der Waals surface area (Å²) in [6.07, 6.45) is 0. The Bertz CT molecular complexity index is 684. The quantitative estimate of drug-likeness (QED) is 0.940. The van der Waals surface area contributed by atoms with Gasteiger partial charge in [-0.2, -0.15) is 0 Å². The number of halogens is 1. The van der Waals surface area contributed by atoms with Crippen LogP contribution in [0.4, 0.5) is 4.39 Å². The monoisotopic (exact) mass is 284 g/mol. The smallest absolute Gasteiger partial charge is 0.253 e. The molecule has 0 spiro atoms. The molecule has 0 fully saturated rings. The minimum Gasteiger partial charge on any atom is -0.337 e. The Hall–Kier alpha value is -2.20. The number of rotatable bonds is 3. The summed E-state index contributed by atoms with van der Waals surface area (Å²) in [5, 5.41) is 3.26. The van der Waals surface area contributed by atoms with Crippen molar-refractivity contribution < 1.29 is 9.18 Å². The zero-order valence-corrected chi connectivity index (χ0v) is 11.9. The van der Waals surface area contributed by atoms with Gasteiger partial charge in [-0.3, -0.25) is 4.79 Å². The van der Waals surface area contributed by atoms with Crippen molar-refractivity contribution in [3.63, 3.8) is 0 Å². The maximum absolute atomic E-state index is 13.2. The fraction of sp³-hybridized carbons (Fsp3) is 0.235. The van der Waals surface area contributed by atoms with Gasteiger partial charge in [0.25, 0.3) is 5.91 Å². The van der Waals surface area contributed by atoms with Crippen LogP contribution in [0.3, 0.4) is 0 Å². The topological polar surface area (TPSA) is 32.3 Å². The molecule has 2 aromatic carbocycles. The molecule has 21 heavy (non-hydrogen) atoms. The van der Waals surface area contributed by atoms with Crippen molar-refractivity contribution in [2.75, 3.05) is 7.05 Å². The van der Waals surface area contributed by atoms with Gasteiger partial charge in [0.2, 0.25) is 0 Å². The summed E-state index contributed by atoms with van der Waals surface area (Å²) in [5.41, 5.74) is 3.89. The van der Waals surface area contributed by atoms with E-state index in [4.69, 9.17) is 0 Å². The van der Waals surface area contributed by atoms with E-state index in [1.807, 2.05) is 24.3 Å². The molecular weight excluding hydrogens is 267 g/mol. The zero-order valence-electron chi connectivity index (χ0n) is 11.9. The Balaban J connectivity index is 1.75. The number of carbonyl (C=O) groups is 1. The molecule has 2 aromatic rings. The second kappa shape index (κ2) is 5.66. The number of fused-ring (bicyclic) bond motifs is 1. The number of hydrogen-bond acceptors (Lipinski definition) is 2. The maximum atomic E-state index is 13.2. The largest absolute Gasteiger partial charge is 0.337 e. The molecular formula is C17H17FN2O. The average molecular weight is 284 g/mol. The van der Waals surface area contributed by atoms with Crippen LogP contribution in [0.2, 0.25) is 0 Å². The lowest BCUT2D eigenvalue weighted by Crippen LogP contribution is -2.26. The van der Waals surface area contributed by atoms with Gasteiger partial charge in [0, 0.05) is 32.2 Å². The molecule has 1 aliphatic rings.